The Kier molecular flexibility index (Phi) is 4.91. The van der Waals surface area contributed by atoms with Gasteiger partial charge in [-0.25, -0.2) is 19.3 Å². The van der Waals surface area contributed by atoms with Gasteiger partial charge in [-0.1, -0.05) is 24.3 Å². The summed E-state index contributed by atoms with van der Waals surface area (Å²) in [6, 6.07) is 15.1. The van der Waals surface area contributed by atoms with Crippen molar-refractivity contribution in [2.24, 2.45) is 17.6 Å². The van der Waals surface area contributed by atoms with Crippen molar-refractivity contribution in [3.63, 3.8) is 0 Å². The van der Waals surface area contributed by atoms with Crippen LogP contribution in [0.1, 0.15) is 12.0 Å². The smallest absolute Gasteiger partial charge is 0.221 e. The summed E-state index contributed by atoms with van der Waals surface area (Å²) in [4.78, 5) is 16.1. The number of hydrogen-bond donors (Lipinski definition) is 2. The maximum absolute atomic E-state index is 14.7. The number of hydrogen-bond acceptors (Lipinski definition) is 7. The molecular formula is C28H26FN7O. The number of anilines is 1. The molecule has 3 N–H and O–H groups in total. The molecule has 2 fully saturated rings. The number of fused-ring (bicyclic) bond motifs is 3. The Hall–Kier alpha value is -4.11. The van der Waals surface area contributed by atoms with Crippen molar-refractivity contribution >= 4 is 27.8 Å². The highest BCUT2D eigenvalue weighted by Crippen LogP contribution is 2.63. The van der Waals surface area contributed by atoms with Crippen LogP contribution >= 0.6 is 0 Å². The van der Waals surface area contributed by atoms with Crippen LogP contribution in [-0.2, 0) is 5.41 Å². The lowest BCUT2D eigenvalue weighted by Crippen LogP contribution is -2.32. The number of pyridine rings is 1. The van der Waals surface area contributed by atoms with Crippen LogP contribution in [0.5, 0.6) is 5.88 Å². The lowest BCUT2D eigenvalue weighted by atomic mass is 9.91. The molecule has 3 aromatic heterocycles. The molecule has 1 aliphatic carbocycles. The topological polar surface area (TPSA) is 106 Å². The van der Waals surface area contributed by atoms with E-state index in [9.17, 15) is 4.39 Å². The van der Waals surface area contributed by atoms with Crippen molar-refractivity contribution < 1.29 is 9.13 Å². The Labute approximate surface area is 212 Å². The van der Waals surface area contributed by atoms with E-state index in [-0.39, 0.29) is 11.2 Å². The molecule has 2 aromatic carbocycles. The summed E-state index contributed by atoms with van der Waals surface area (Å²) < 4.78 is 20.1. The molecule has 37 heavy (non-hydrogen) atoms. The number of halogens is 1. The van der Waals surface area contributed by atoms with Crippen molar-refractivity contribution in [1.82, 2.24) is 25.1 Å². The molecule has 1 saturated heterocycles. The average molecular weight is 496 g/mol. The number of rotatable bonds is 5. The highest BCUT2D eigenvalue weighted by molar-refractivity contribution is 5.94. The first-order chi connectivity index (χ1) is 18.1. The van der Waals surface area contributed by atoms with Gasteiger partial charge in [-0.05, 0) is 53.5 Å². The molecule has 3 atom stereocenters. The van der Waals surface area contributed by atoms with E-state index in [4.69, 9.17) is 20.4 Å². The van der Waals surface area contributed by atoms with Gasteiger partial charge in [0.2, 0.25) is 11.5 Å². The predicted octanol–water partition coefficient (Wildman–Crippen LogP) is 4.07. The van der Waals surface area contributed by atoms with Crippen molar-refractivity contribution in [3.05, 3.63) is 72.3 Å². The largest absolute Gasteiger partial charge is 0.481 e. The van der Waals surface area contributed by atoms with Gasteiger partial charge in [0.05, 0.1) is 19.0 Å². The summed E-state index contributed by atoms with van der Waals surface area (Å²) in [7, 11) is 1.62. The monoisotopic (exact) mass is 495 g/mol. The number of nitrogens with zero attached hydrogens (tertiary/aromatic N) is 5. The SMILES string of the molecule is COc1nccc2cc(-c3[nH]nc4nc(N5CC[C@@H]6[C@H](C5)[C@@]6(CN)c5ccccc5F)cnc34)ccc12. The van der Waals surface area contributed by atoms with Gasteiger partial charge >= 0.3 is 0 Å². The molecule has 8 nitrogen and oxygen atoms in total. The van der Waals surface area contributed by atoms with E-state index < -0.39 is 0 Å². The summed E-state index contributed by atoms with van der Waals surface area (Å²) in [6.07, 6.45) is 4.49. The van der Waals surface area contributed by atoms with Crippen molar-refractivity contribution in [1.29, 1.82) is 0 Å². The normalized spacial score (nSPS) is 22.8. The van der Waals surface area contributed by atoms with Crippen molar-refractivity contribution in [2.75, 3.05) is 31.6 Å². The zero-order chi connectivity index (χ0) is 25.1. The van der Waals surface area contributed by atoms with Gasteiger partial charge in [0.25, 0.3) is 0 Å². The fraction of sp³-hybridized carbons (Fsp3) is 0.286. The number of nitrogens with two attached hydrogens (primary N) is 1. The number of ether oxygens (including phenoxy) is 1. The minimum atomic E-state index is -0.300. The van der Waals surface area contributed by atoms with Crippen LogP contribution in [0.3, 0.4) is 0 Å². The number of methoxy groups -OCH3 is 1. The quantitative estimate of drug-likeness (QED) is 0.379. The minimum Gasteiger partial charge on any atom is -0.481 e. The maximum Gasteiger partial charge on any atom is 0.221 e. The molecule has 2 aliphatic rings. The molecule has 0 spiro atoms. The second-order valence-electron chi connectivity index (χ2n) is 9.93. The lowest BCUT2D eigenvalue weighted by Gasteiger charge is -2.26. The van der Waals surface area contributed by atoms with Gasteiger partial charge in [0.15, 0.2) is 0 Å². The summed E-state index contributed by atoms with van der Waals surface area (Å²) in [5, 5.41) is 9.55. The van der Waals surface area contributed by atoms with E-state index >= 15 is 0 Å². The zero-order valence-corrected chi connectivity index (χ0v) is 20.4. The number of benzene rings is 2. The van der Waals surface area contributed by atoms with Gasteiger partial charge in [0, 0.05) is 42.2 Å². The molecule has 7 rings (SSSR count). The number of aromatic amines is 1. The summed E-state index contributed by atoms with van der Waals surface area (Å²) >= 11 is 0. The van der Waals surface area contributed by atoms with E-state index in [0.29, 0.717) is 35.4 Å². The van der Waals surface area contributed by atoms with E-state index in [2.05, 4.69) is 26.1 Å². The second kappa shape index (κ2) is 8.21. The molecule has 1 aliphatic heterocycles. The van der Waals surface area contributed by atoms with Gasteiger partial charge in [-0.3, -0.25) is 5.10 Å². The maximum atomic E-state index is 14.7. The molecule has 0 unspecified atom stereocenters. The summed E-state index contributed by atoms with van der Waals surface area (Å²) in [5.74, 6) is 1.89. The van der Waals surface area contributed by atoms with Crippen molar-refractivity contribution in [3.8, 4) is 17.1 Å². The first-order valence-electron chi connectivity index (χ1n) is 12.5. The highest BCUT2D eigenvalue weighted by Gasteiger charge is 2.66. The van der Waals surface area contributed by atoms with Gasteiger partial charge in [-0.15, -0.1) is 0 Å². The molecule has 186 valence electrons. The molecule has 0 amide bonds. The van der Waals surface area contributed by atoms with Crippen LogP contribution in [0, 0.1) is 17.7 Å². The minimum absolute atomic E-state index is 0.164. The first kappa shape index (κ1) is 22.1. The van der Waals surface area contributed by atoms with Gasteiger partial charge in [0.1, 0.15) is 17.2 Å². The lowest BCUT2D eigenvalue weighted by molar-refractivity contribution is 0.403. The third-order valence-electron chi connectivity index (χ3n) is 8.33. The molecule has 0 bridgehead atoms. The fourth-order valence-corrected chi connectivity index (χ4v) is 6.44. The average Bonchev–Trinajstić information content (AvgIpc) is 3.40. The summed E-state index contributed by atoms with van der Waals surface area (Å²) in [5.41, 5.74) is 9.76. The van der Waals surface area contributed by atoms with Crippen molar-refractivity contribution in [2.45, 2.75) is 11.8 Å². The van der Waals surface area contributed by atoms with E-state index in [0.717, 1.165) is 52.9 Å². The van der Waals surface area contributed by atoms with E-state index in [1.54, 1.807) is 19.4 Å². The van der Waals surface area contributed by atoms with Crippen LogP contribution in [0.2, 0.25) is 0 Å². The number of piperidine rings is 1. The van der Waals surface area contributed by atoms with Crippen LogP contribution < -0.4 is 15.4 Å². The Morgan fingerprint density at radius 2 is 2.05 bits per heavy atom. The van der Waals surface area contributed by atoms with Crippen LogP contribution in [-0.4, -0.2) is 51.9 Å². The number of aromatic nitrogens is 5. The van der Waals surface area contributed by atoms with E-state index in [1.807, 2.05) is 36.5 Å². The molecular weight excluding hydrogens is 469 g/mol. The second-order valence-corrected chi connectivity index (χ2v) is 9.93. The molecule has 9 heteroatoms. The highest BCUT2D eigenvalue weighted by atomic mass is 19.1. The van der Waals surface area contributed by atoms with Gasteiger partial charge in [-0.2, -0.15) is 5.10 Å². The Bertz CT molecular complexity index is 1650. The zero-order valence-electron chi connectivity index (χ0n) is 20.4. The Morgan fingerprint density at radius 1 is 1.16 bits per heavy atom. The van der Waals surface area contributed by atoms with Crippen LogP contribution in [0.15, 0.2) is 60.9 Å². The third kappa shape index (κ3) is 3.23. The first-order valence-corrected chi connectivity index (χ1v) is 12.5. The Balaban J connectivity index is 1.18. The molecule has 0 radical (unpaired) electrons. The summed E-state index contributed by atoms with van der Waals surface area (Å²) in [6.45, 7) is 2.04. The van der Waals surface area contributed by atoms with Crippen LogP contribution in [0.25, 0.3) is 33.2 Å². The molecule has 5 aromatic rings. The Morgan fingerprint density at radius 3 is 2.89 bits per heavy atom. The fourth-order valence-electron chi connectivity index (χ4n) is 6.44. The molecule has 1 saturated carbocycles. The standard InChI is InChI=1S/C28H26FN7O/c1-37-27-18-7-6-17(12-16(18)8-10-31-27)24-25-26(35-34-24)33-23(13-32-25)36-11-9-19-21(14-36)28(19,15-30)20-4-2-3-5-22(20)29/h2-8,10,12-13,19,21H,9,11,14-15,30H2,1H3,(H,33,34,35)/t19-,21+,28-/m1/s1. The third-order valence-corrected chi connectivity index (χ3v) is 8.33. The number of nitrogens with one attached hydrogen (secondary N) is 1. The van der Waals surface area contributed by atoms with Gasteiger partial charge < -0.3 is 15.4 Å². The number of H-pyrrole nitrogens is 1. The molecule has 4 heterocycles. The van der Waals surface area contributed by atoms with Crippen LogP contribution in [0.4, 0.5) is 10.2 Å². The van der Waals surface area contributed by atoms with E-state index in [1.165, 1.54) is 6.07 Å². The predicted molar refractivity (Wildman–Crippen MR) is 140 cm³/mol.